The molecule has 5 nitrogen and oxygen atoms in total. The molecule has 0 aliphatic heterocycles. The second-order valence-electron chi connectivity index (χ2n) is 0. The first-order valence-corrected chi connectivity index (χ1v) is 0. The van der Waals surface area contributed by atoms with Gasteiger partial charge in [0, 0.05) is 0 Å². The van der Waals surface area contributed by atoms with Crippen molar-refractivity contribution in [3.05, 3.63) is 0 Å². The van der Waals surface area contributed by atoms with Gasteiger partial charge < -0.3 is 27.4 Å². The van der Waals surface area contributed by atoms with Crippen LogP contribution in [0.5, 0.6) is 0 Å². The maximum absolute atomic E-state index is 0. The molecule has 0 saturated carbocycles. The molecule has 0 aromatic heterocycles. The standard InChI is InChI=1S/2Eu.2Mn.5O/q2*+3;2*+2;5*-2. The van der Waals surface area contributed by atoms with Gasteiger partial charge in [-0.2, -0.15) is 0 Å². The van der Waals surface area contributed by atoms with E-state index in [0.717, 1.165) is 0 Å². The van der Waals surface area contributed by atoms with Gasteiger partial charge >= 0.3 is 133 Å². The van der Waals surface area contributed by atoms with E-state index >= 15 is 0 Å². The van der Waals surface area contributed by atoms with Gasteiger partial charge in [0.25, 0.3) is 0 Å². The third kappa shape index (κ3) is 74.9. The Morgan fingerprint density at radius 1 is 0.333 bits per heavy atom. The van der Waals surface area contributed by atoms with E-state index in [1.807, 2.05) is 0 Å². The molecule has 0 aliphatic carbocycles. The summed E-state index contributed by atoms with van der Waals surface area (Å²) in [6, 6.07) is 0. The maximum atomic E-state index is 0. The average Bonchev–Trinajstić information content (AvgIpc) is 0. The molecule has 2 radical (unpaired) electrons. The minimum absolute atomic E-state index is 0. The number of hydrogen-bond donors (Lipinski definition) is 0. The molecule has 58 valence electrons. The Balaban J connectivity index is 0. The first-order valence-electron chi connectivity index (χ1n) is 0. The summed E-state index contributed by atoms with van der Waals surface area (Å²) in [6.07, 6.45) is 0. The molecule has 0 amide bonds. The van der Waals surface area contributed by atoms with Crippen molar-refractivity contribution in [1.82, 2.24) is 0 Å². The molecule has 9 heteroatoms. The molecule has 0 atom stereocenters. The van der Waals surface area contributed by atoms with Crippen LogP contribution in [-0.4, -0.2) is 0 Å². The zero-order chi connectivity index (χ0) is 0. The summed E-state index contributed by atoms with van der Waals surface area (Å²) < 4.78 is 0. The fourth-order valence-corrected chi connectivity index (χ4v) is 0. The fraction of sp³-hybridized carbons (Fsp3) is 0. The van der Waals surface area contributed by atoms with Gasteiger partial charge in [-0.05, 0) is 0 Å². The van der Waals surface area contributed by atoms with E-state index in [1.54, 1.807) is 0 Å². The molecule has 0 N–H and O–H groups in total. The molecule has 9 heavy (non-hydrogen) atoms. The summed E-state index contributed by atoms with van der Waals surface area (Å²) in [4.78, 5) is 0. The zero-order valence-corrected chi connectivity index (χ0v) is 10.8. The SMILES string of the molecule is [Eu+3].[Eu+3].[Mn+2].[Mn+2].[O-2].[O-2].[O-2].[O-2].[O-2]. The Hall–Kier alpha value is 4.01. The minimum Gasteiger partial charge on any atom is -2.00 e. The Kier molecular flexibility index (Phi) is 1180. The molecule has 0 aromatic rings. The van der Waals surface area contributed by atoms with E-state index in [0.29, 0.717) is 0 Å². The number of hydrogen-bond acceptors (Lipinski definition) is 0. The van der Waals surface area contributed by atoms with Crippen LogP contribution in [0.25, 0.3) is 0 Å². The summed E-state index contributed by atoms with van der Waals surface area (Å²) >= 11 is 0. The van der Waals surface area contributed by atoms with Crippen LogP contribution >= 0.6 is 0 Å². The molecule has 0 aromatic carbocycles. The maximum Gasteiger partial charge on any atom is 3.00 e. The molecular formula is Eu2Mn2O5. The first kappa shape index (κ1) is 117. The number of rotatable bonds is 0. The predicted molar refractivity (Wildman–Crippen MR) is 3.43 cm³/mol. The molecular weight excluding hydrogens is 494 g/mol. The van der Waals surface area contributed by atoms with Crippen LogP contribution in [0, 0.1) is 98.8 Å². The van der Waals surface area contributed by atoms with Crippen molar-refractivity contribution >= 4 is 0 Å². The Morgan fingerprint density at radius 2 is 0.333 bits per heavy atom. The third-order valence-electron chi connectivity index (χ3n) is 0. The van der Waals surface area contributed by atoms with E-state index < -0.39 is 0 Å². The van der Waals surface area contributed by atoms with Gasteiger partial charge in [0.15, 0.2) is 0 Å². The van der Waals surface area contributed by atoms with Crippen molar-refractivity contribution < 1.29 is 160 Å². The van der Waals surface area contributed by atoms with Crippen LogP contribution in [0.15, 0.2) is 0 Å². The Morgan fingerprint density at radius 3 is 0.333 bits per heavy atom. The van der Waals surface area contributed by atoms with Crippen molar-refractivity contribution in [3.8, 4) is 0 Å². The molecule has 0 saturated heterocycles. The van der Waals surface area contributed by atoms with Crippen molar-refractivity contribution in [3.63, 3.8) is 0 Å². The van der Waals surface area contributed by atoms with Crippen molar-refractivity contribution in [2.24, 2.45) is 0 Å². The van der Waals surface area contributed by atoms with Gasteiger partial charge in [0.05, 0.1) is 0 Å². The second-order valence-corrected chi connectivity index (χ2v) is 0. The van der Waals surface area contributed by atoms with Gasteiger partial charge in [-0.25, -0.2) is 0 Å². The van der Waals surface area contributed by atoms with Gasteiger partial charge in [0.1, 0.15) is 0 Å². The summed E-state index contributed by atoms with van der Waals surface area (Å²) in [5.74, 6) is 0. The van der Waals surface area contributed by atoms with Gasteiger partial charge in [-0.3, -0.25) is 0 Å². The van der Waals surface area contributed by atoms with Crippen LogP contribution in [0.1, 0.15) is 0 Å². The Labute approximate surface area is 156 Å². The molecule has 0 fully saturated rings. The van der Waals surface area contributed by atoms with Crippen LogP contribution in [-0.2, 0) is 61.5 Å². The molecule has 0 unspecified atom stereocenters. The predicted octanol–water partition coefficient (Wildman–Crippen LogP) is -0.599. The first-order chi connectivity index (χ1) is 0. The third-order valence-corrected chi connectivity index (χ3v) is 0. The normalized spacial score (nSPS) is 0. The van der Waals surface area contributed by atoms with Gasteiger partial charge in [-0.1, -0.05) is 0 Å². The van der Waals surface area contributed by atoms with E-state index in [-0.39, 0.29) is 160 Å². The monoisotopic (exact) mass is 496 g/mol. The van der Waals surface area contributed by atoms with E-state index in [1.165, 1.54) is 0 Å². The largest absolute Gasteiger partial charge is 3.00 e. The Bertz CT molecular complexity index is 12.9. The van der Waals surface area contributed by atoms with E-state index in [9.17, 15) is 0 Å². The molecule has 0 rings (SSSR count). The second kappa shape index (κ2) is 90.6. The van der Waals surface area contributed by atoms with E-state index in [2.05, 4.69) is 0 Å². The topological polar surface area (TPSA) is 142 Å². The average molecular weight is 494 g/mol. The minimum atomic E-state index is 0. The molecule has 0 aliphatic rings. The summed E-state index contributed by atoms with van der Waals surface area (Å²) in [5.41, 5.74) is 0. The van der Waals surface area contributed by atoms with Crippen molar-refractivity contribution in [1.29, 1.82) is 0 Å². The van der Waals surface area contributed by atoms with Crippen LogP contribution in [0.2, 0.25) is 0 Å². The van der Waals surface area contributed by atoms with Crippen molar-refractivity contribution in [2.45, 2.75) is 0 Å². The molecule has 0 heterocycles. The smallest absolute Gasteiger partial charge is 2.00 e. The van der Waals surface area contributed by atoms with Gasteiger partial charge in [0.2, 0.25) is 0 Å². The fourth-order valence-electron chi connectivity index (χ4n) is 0. The zero-order valence-electron chi connectivity index (χ0n) is 3.55. The summed E-state index contributed by atoms with van der Waals surface area (Å²) in [6.45, 7) is 0. The van der Waals surface area contributed by atoms with Gasteiger partial charge in [-0.15, -0.1) is 0 Å². The summed E-state index contributed by atoms with van der Waals surface area (Å²) in [7, 11) is 0. The van der Waals surface area contributed by atoms with E-state index in [4.69, 9.17) is 0 Å². The molecule has 0 spiro atoms. The molecule has 0 bridgehead atoms. The van der Waals surface area contributed by atoms with Crippen LogP contribution < -0.4 is 0 Å². The summed E-state index contributed by atoms with van der Waals surface area (Å²) in [5, 5.41) is 0. The quantitative estimate of drug-likeness (QED) is 0.397. The van der Waals surface area contributed by atoms with Crippen LogP contribution in [0.4, 0.5) is 0 Å². The van der Waals surface area contributed by atoms with Crippen molar-refractivity contribution in [2.75, 3.05) is 0 Å². The van der Waals surface area contributed by atoms with Crippen LogP contribution in [0.3, 0.4) is 0 Å².